The Kier molecular flexibility index (Phi) is 9.04. The van der Waals surface area contributed by atoms with Gasteiger partial charge in [-0.15, -0.1) is 0 Å². The van der Waals surface area contributed by atoms with E-state index in [2.05, 4.69) is 16.1 Å². The number of halogens is 8. The van der Waals surface area contributed by atoms with Gasteiger partial charge in [0.2, 0.25) is 11.6 Å². The fourth-order valence-electron chi connectivity index (χ4n) is 3.10. The predicted octanol–water partition coefficient (Wildman–Crippen LogP) is 4.33. The summed E-state index contributed by atoms with van der Waals surface area (Å²) in [4.78, 5) is 23.9. The van der Waals surface area contributed by atoms with E-state index in [-0.39, 0.29) is 0 Å². The smallest absolute Gasteiger partial charge is 0.411 e. The van der Waals surface area contributed by atoms with Crippen LogP contribution in [0.2, 0.25) is 0 Å². The van der Waals surface area contributed by atoms with Gasteiger partial charge in [-0.1, -0.05) is 38.7 Å². The second kappa shape index (κ2) is 10.2. The Morgan fingerprint density at radius 3 is 1.94 bits per heavy atom. The third-order valence-corrected chi connectivity index (χ3v) is 5.81. The molecule has 1 unspecified atom stereocenters. The average Bonchev–Trinajstić information content (AvgIpc) is 2.65. The Morgan fingerprint density at radius 2 is 1.52 bits per heavy atom. The van der Waals surface area contributed by atoms with Gasteiger partial charge in [0, 0.05) is 12.8 Å². The van der Waals surface area contributed by atoms with E-state index in [1.54, 1.807) is 0 Å². The fraction of sp³-hybridized carbons (Fsp3) is 0.765. The highest BCUT2D eigenvalue weighted by Crippen LogP contribution is 2.43. The quantitative estimate of drug-likeness (QED) is 0.142. The van der Waals surface area contributed by atoms with Crippen LogP contribution >= 0.6 is 0 Å². The first-order valence-electron chi connectivity index (χ1n) is 9.33. The third kappa shape index (κ3) is 6.62. The lowest BCUT2D eigenvalue weighted by atomic mass is 9.84. The summed E-state index contributed by atoms with van der Waals surface area (Å²) in [6.45, 7) is 0.275. The van der Waals surface area contributed by atoms with E-state index in [0.29, 0.717) is 25.7 Å². The van der Waals surface area contributed by atoms with Gasteiger partial charge in [0.25, 0.3) is 0 Å². The largest absolute Gasteiger partial charge is 0.463 e. The number of ether oxygens (including phenoxy) is 2. The zero-order chi connectivity index (χ0) is 25.9. The lowest BCUT2D eigenvalue weighted by Crippen LogP contribution is -2.58. The molecule has 0 aromatic heterocycles. The average molecular weight is 520 g/mol. The highest BCUT2D eigenvalue weighted by molar-refractivity contribution is 7.87. The Bertz CT molecular complexity index is 850. The topological polar surface area (TPSA) is 107 Å². The normalized spacial score (nSPS) is 18.5. The summed E-state index contributed by atoms with van der Waals surface area (Å²) in [6.07, 6.45) is -6.95. The molecule has 1 aliphatic rings. The predicted molar refractivity (Wildman–Crippen MR) is 93.3 cm³/mol. The standard InChI is InChI=1S/C17H20F8O7S/c1-10(18)13(27)32-15(16(21,22)23,12(26)9-11-5-3-2-4-6-11)31-8-7-14(19,20)17(24,25)33(28,29)30/h11H,1-9H2,(H,28,29,30). The molecule has 0 bridgehead atoms. The SMILES string of the molecule is C=C(F)C(=O)OC(OCCC(F)(F)C(F)(F)S(=O)(=O)O)(C(=O)CC1CCCCC1)C(F)(F)F. The second-order valence-corrected chi connectivity index (χ2v) is 8.80. The molecule has 7 nitrogen and oxygen atoms in total. The van der Waals surface area contributed by atoms with Crippen LogP contribution in [0.3, 0.4) is 0 Å². The Balaban J connectivity index is 3.26. The van der Waals surface area contributed by atoms with Crippen molar-refractivity contribution < 1.29 is 67.2 Å². The van der Waals surface area contributed by atoms with Crippen molar-refractivity contribution >= 4 is 21.9 Å². The number of esters is 1. The minimum absolute atomic E-state index is 0.294. The van der Waals surface area contributed by atoms with Crippen molar-refractivity contribution in [2.24, 2.45) is 5.92 Å². The van der Waals surface area contributed by atoms with E-state index in [4.69, 9.17) is 4.55 Å². The maximum Gasteiger partial charge on any atom is 0.463 e. The van der Waals surface area contributed by atoms with Crippen molar-refractivity contribution in [3.05, 3.63) is 12.4 Å². The number of carbonyl (C=O) groups is 2. The second-order valence-electron chi connectivity index (χ2n) is 7.33. The molecule has 1 rings (SSSR count). The van der Waals surface area contributed by atoms with Gasteiger partial charge in [0.15, 0.2) is 0 Å². The summed E-state index contributed by atoms with van der Waals surface area (Å²) in [7, 11) is -6.69. The lowest BCUT2D eigenvalue weighted by Gasteiger charge is -2.35. The first kappa shape index (κ1) is 29.2. The minimum atomic E-state index is -6.69. The number of alkyl halides is 7. The fourth-order valence-corrected chi connectivity index (χ4v) is 3.58. The summed E-state index contributed by atoms with van der Waals surface area (Å²) in [5.74, 6) is -17.5. The summed E-state index contributed by atoms with van der Waals surface area (Å²) < 4.78 is 145. The van der Waals surface area contributed by atoms with Crippen LogP contribution in [0.4, 0.5) is 35.1 Å². The van der Waals surface area contributed by atoms with Crippen molar-refractivity contribution in [2.75, 3.05) is 6.61 Å². The molecule has 1 N–H and O–H groups in total. The molecule has 0 heterocycles. The molecule has 0 radical (unpaired) electrons. The molecule has 192 valence electrons. The summed E-state index contributed by atoms with van der Waals surface area (Å²) >= 11 is 0. The third-order valence-electron chi connectivity index (χ3n) is 4.87. The van der Waals surface area contributed by atoms with E-state index < -0.39 is 76.2 Å². The van der Waals surface area contributed by atoms with E-state index in [9.17, 15) is 53.1 Å². The van der Waals surface area contributed by atoms with Crippen LogP contribution in [0.5, 0.6) is 0 Å². The highest BCUT2D eigenvalue weighted by Gasteiger charge is 2.68. The molecule has 16 heteroatoms. The zero-order valence-corrected chi connectivity index (χ0v) is 17.6. The highest BCUT2D eigenvalue weighted by atomic mass is 32.2. The summed E-state index contributed by atoms with van der Waals surface area (Å²) in [5, 5.41) is -6.12. The molecule has 33 heavy (non-hydrogen) atoms. The molecule has 1 aliphatic carbocycles. The van der Waals surface area contributed by atoms with Crippen molar-refractivity contribution in [1.82, 2.24) is 0 Å². The van der Waals surface area contributed by atoms with Crippen LogP contribution in [0.1, 0.15) is 44.9 Å². The number of rotatable bonds is 11. The molecular formula is C17H20F8O7S. The molecule has 0 aliphatic heterocycles. The molecule has 1 atom stereocenters. The number of hydrogen-bond donors (Lipinski definition) is 1. The number of carbonyl (C=O) groups excluding carboxylic acids is 2. The number of Topliss-reactive ketones (excluding diaryl/α,β-unsaturated/α-hetero) is 1. The van der Waals surface area contributed by atoms with Gasteiger partial charge in [-0.05, 0) is 5.92 Å². The van der Waals surface area contributed by atoms with Gasteiger partial charge in [0.05, 0.1) is 6.61 Å². The van der Waals surface area contributed by atoms with Crippen LogP contribution in [-0.4, -0.2) is 54.5 Å². The van der Waals surface area contributed by atoms with E-state index in [1.165, 1.54) is 0 Å². The van der Waals surface area contributed by atoms with E-state index >= 15 is 0 Å². The zero-order valence-electron chi connectivity index (χ0n) is 16.8. The van der Waals surface area contributed by atoms with Gasteiger partial charge >= 0.3 is 39.2 Å². The van der Waals surface area contributed by atoms with Gasteiger partial charge in [0.1, 0.15) is 0 Å². The van der Waals surface area contributed by atoms with Crippen molar-refractivity contribution in [3.8, 4) is 0 Å². The Labute approximate surface area is 182 Å². The molecule has 1 saturated carbocycles. The summed E-state index contributed by atoms with van der Waals surface area (Å²) in [5.41, 5.74) is 0. The Morgan fingerprint density at radius 1 is 1.00 bits per heavy atom. The monoisotopic (exact) mass is 520 g/mol. The van der Waals surface area contributed by atoms with Crippen molar-refractivity contribution in [1.29, 1.82) is 0 Å². The van der Waals surface area contributed by atoms with Gasteiger partial charge < -0.3 is 9.47 Å². The van der Waals surface area contributed by atoms with Crippen LogP contribution in [0, 0.1) is 5.92 Å². The van der Waals surface area contributed by atoms with Crippen molar-refractivity contribution in [3.63, 3.8) is 0 Å². The first-order valence-corrected chi connectivity index (χ1v) is 10.8. The molecule has 0 saturated heterocycles. The molecular weight excluding hydrogens is 500 g/mol. The van der Waals surface area contributed by atoms with Gasteiger partial charge in [-0.25, -0.2) is 4.79 Å². The maximum absolute atomic E-state index is 13.8. The molecule has 0 aromatic rings. The summed E-state index contributed by atoms with van der Waals surface area (Å²) in [6, 6.07) is 0. The lowest BCUT2D eigenvalue weighted by molar-refractivity contribution is -0.349. The molecule has 1 fully saturated rings. The number of hydrogen-bond acceptors (Lipinski definition) is 6. The van der Waals surface area contributed by atoms with Gasteiger partial charge in [-0.2, -0.15) is 43.5 Å². The van der Waals surface area contributed by atoms with E-state index in [1.807, 2.05) is 0 Å². The van der Waals surface area contributed by atoms with Crippen LogP contribution < -0.4 is 0 Å². The molecule has 0 spiro atoms. The molecule has 0 aromatic carbocycles. The van der Waals surface area contributed by atoms with E-state index in [0.717, 1.165) is 6.42 Å². The van der Waals surface area contributed by atoms with Crippen LogP contribution in [-0.2, 0) is 29.2 Å². The van der Waals surface area contributed by atoms with Gasteiger partial charge in [-0.3, -0.25) is 9.35 Å². The van der Waals surface area contributed by atoms with Crippen LogP contribution in [0.15, 0.2) is 12.4 Å². The molecule has 0 amide bonds. The van der Waals surface area contributed by atoms with Crippen LogP contribution in [0.25, 0.3) is 0 Å². The Hall–Kier alpha value is -1.81. The van der Waals surface area contributed by atoms with Crippen molar-refractivity contribution in [2.45, 2.75) is 68.1 Å². The first-order chi connectivity index (χ1) is 14.8. The minimum Gasteiger partial charge on any atom is -0.411 e. The maximum atomic E-state index is 13.8. The number of ketones is 1.